The number of rotatable bonds is 5. The average Bonchev–Trinajstić information content (AvgIpc) is 2.84. The summed E-state index contributed by atoms with van der Waals surface area (Å²) >= 11 is 9.61. The SMILES string of the molecule is CC(C)CC(=O)Cn1c(-c2cccc(Cl)c2)nc2cc(Br)ccc21. The second-order valence-electron chi connectivity index (χ2n) is 6.30. The molecule has 3 rings (SSSR count). The van der Waals surface area contributed by atoms with Gasteiger partial charge in [-0.05, 0) is 36.2 Å². The maximum absolute atomic E-state index is 12.4. The van der Waals surface area contributed by atoms with Gasteiger partial charge in [-0.2, -0.15) is 0 Å². The van der Waals surface area contributed by atoms with E-state index < -0.39 is 0 Å². The molecular weight excluding hydrogens is 388 g/mol. The van der Waals surface area contributed by atoms with Crippen LogP contribution in [0.25, 0.3) is 22.4 Å². The topological polar surface area (TPSA) is 34.9 Å². The lowest BCUT2D eigenvalue weighted by atomic mass is 10.1. The number of carbonyl (C=O) groups excluding carboxylic acids is 1. The molecule has 0 amide bonds. The molecule has 1 aromatic heterocycles. The van der Waals surface area contributed by atoms with Crippen LogP contribution >= 0.6 is 27.5 Å². The first-order valence-corrected chi connectivity index (χ1v) is 9.04. The lowest BCUT2D eigenvalue weighted by molar-refractivity contribution is -0.120. The molecule has 124 valence electrons. The third-order valence-electron chi connectivity index (χ3n) is 3.76. The number of aromatic nitrogens is 2. The minimum atomic E-state index is 0.204. The van der Waals surface area contributed by atoms with Gasteiger partial charge < -0.3 is 4.57 Å². The van der Waals surface area contributed by atoms with Crippen molar-refractivity contribution < 1.29 is 4.79 Å². The molecule has 0 radical (unpaired) electrons. The van der Waals surface area contributed by atoms with E-state index in [0.717, 1.165) is 26.9 Å². The van der Waals surface area contributed by atoms with E-state index in [2.05, 4.69) is 29.8 Å². The van der Waals surface area contributed by atoms with Gasteiger partial charge in [0.1, 0.15) is 5.82 Å². The Bertz CT molecular complexity index is 902. The fourth-order valence-corrected chi connectivity index (χ4v) is 3.35. The number of fused-ring (bicyclic) bond motifs is 1. The van der Waals surface area contributed by atoms with Crippen LogP contribution in [0.4, 0.5) is 0 Å². The maximum Gasteiger partial charge on any atom is 0.152 e. The van der Waals surface area contributed by atoms with E-state index in [4.69, 9.17) is 16.6 Å². The minimum Gasteiger partial charge on any atom is -0.316 e. The zero-order valence-corrected chi connectivity index (χ0v) is 15.9. The van der Waals surface area contributed by atoms with Crippen LogP contribution in [-0.4, -0.2) is 15.3 Å². The first-order valence-electron chi connectivity index (χ1n) is 7.87. The zero-order chi connectivity index (χ0) is 17.3. The van der Waals surface area contributed by atoms with Crippen molar-refractivity contribution in [3.05, 3.63) is 52.0 Å². The van der Waals surface area contributed by atoms with E-state index in [-0.39, 0.29) is 5.78 Å². The van der Waals surface area contributed by atoms with Crippen LogP contribution in [0.15, 0.2) is 46.9 Å². The molecule has 3 aromatic rings. The molecule has 0 aliphatic carbocycles. The van der Waals surface area contributed by atoms with Gasteiger partial charge in [0.05, 0.1) is 17.6 Å². The van der Waals surface area contributed by atoms with Gasteiger partial charge in [-0.25, -0.2) is 4.98 Å². The minimum absolute atomic E-state index is 0.204. The second-order valence-corrected chi connectivity index (χ2v) is 7.65. The Morgan fingerprint density at radius 3 is 2.75 bits per heavy atom. The Kier molecular flexibility index (Phi) is 5.07. The Morgan fingerprint density at radius 2 is 2.04 bits per heavy atom. The molecule has 24 heavy (non-hydrogen) atoms. The van der Waals surface area contributed by atoms with Crippen molar-refractivity contribution in [3.63, 3.8) is 0 Å². The van der Waals surface area contributed by atoms with Crippen molar-refractivity contribution in [3.8, 4) is 11.4 Å². The predicted octanol–water partition coefficient (Wildman–Crippen LogP) is 5.73. The summed E-state index contributed by atoms with van der Waals surface area (Å²) in [5.74, 6) is 1.31. The van der Waals surface area contributed by atoms with Crippen molar-refractivity contribution in [2.75, 3.05) is 0 Å². The predicted molar refractivity (Wildman–Crippen MR) is 102 cm³/mol. The number of carbonyl (C=O) groups is 1. The van der Waals surface area contributed by atoms with E-state index in [1.54, 1.807) is 0 Å². The molecule has 0 bridgehead atoms. The monoisotopic (exact) mass is 404 g/mol. The number of hydrogen-bond acceptors (Lipinski definition) is 2. The molecule has 0 saturated carbocycles. The van der Waals surface area contributed by atoms with Gasteiger partial charge in [-0.3, -0.25) is 4.79 Å². The average molecular weight is 406 g/mol. The molecule has 1 heterocycles. The van der Waals surface area contributed by atoms with Crippen molar-refractivity contribution >= 4 is 44.3 Å². The first kappa shape index (κ1) is 17.2. The van der Waals surface area contributed by atoms with Crippen LogP contribution in [0.1, 0.15) is 20.3 Å². The van der Waals surface area contributed by atoms with Gasteiger partial charge in [0.25, 0.3) is 0 Å². The summed E-state index contributed by atoms with van der Waals surface area (Å²) in [6.07, 6.45) is 0.561. The lowest BCUT2D eigenvalue weighted by Gasteiger charge is -2.10. The van der Waals surface area contributed by atoms with E-state index in [9.17, 15) is 4.79 Å². The fraction of sp³-hybridized carbons (Fsp3) is 0.263. The van der Waals surface area contributed by atoms with Gasteiger partial charge in [0.2, 0.25) is 0 Å². The highest BCUT2D eigenvalue weighted by molar-refractivity contribution is 9.10. The van der Waals surface area contributed by atoms with Gasteiger partial charge in [0.15, 0.2) is 5.78 Å². The van der Waals surface area contributed by atoms with Crippen LogP contribution in [0.5, 0.6) is 0 Å². The molecule has 0 aliphatic rings. The quantitative estimate of drug-likeness (QED) is 0.543. The molecule has 5 heteroatoms. The summed E-state index contributed by atoms with van der Waals surface area (Å²) in [5.41, 5.74) is 2.72. The number of halogens is 2. The Morgan fingerprint density at radius 1 is 1.25 bits per heavy atom. The number of hydrogen-bond donors (Lipinski definition) is 0. The molecule has 0 unspecified atom stereocenters. The summed E-state index contributed by atoms with van der Waals surface area (Å²) in [4.78, 5) is 17.1. The zero-order valence-electron chi connectivity index (χ0n) is 13.6. The fourth-order valence-electron chi connectivity index (χ4n) is 2.81. The van der Waals surface area contributed by atoms with E-state index in [1.165, 1.54) is 0 Å². The molecular formula is C19H18BrClN2O. The van der Waals surface area contributed by atoms with Gasteiger partial charge in [0, 0.05) is 21.5 Å². The number of benzene rings is 2. The van der Waals surface area contributed by atoms with E-state index in [1.807, 2.05) is 47.0 Å². The van der Waals surface area contributed by atoms with Crippen LogP contribution < -0.4 is 0 Å². The molecule has 0 spiro atoms. The number of imidazole rings is 1. The lowest BCUT2D eigenvalue weighted by Crippen LogP contribution is -2.13. The molecule has 0 saturated heterocycles. The summed E-state index contributed by atoms with van der Waals surface area (Å²) in [5, 5.41) is 0.654. The summed E-state index contributed by atoms with van der Waals surface area (Å²) in [6.45, 7) is 4.43. The maximum atomic E-state index is 12.4. The summed E-state index contributed by atoms with van der Waals surface area (Å²) < 4.78 is 2.95. The Balaban J connectivity index is 2.13. The highest BCUT2D eigenvalue weighted by atomic mass is 79.9. The van der Waals surface area contributed by atoms with Crippen LogP contribution in [-0.2, 0) is 11.3 Å². The summed E-state index contributed by atoms with van der Waals surface area (Å²) in [7, 11) is 0. The number of ketones is 1. The van der Waals surface area contributed by atoms with Gasteiger partial charge in [-0.15, -0.1) is 0 Å². The van der Waals surface area contributed by atoms with Crippen LogP contribution in [0, 0.1) is 5.92 Å². The smallest absolute Gasteiger partial charge is 0.152 e. The largest absolute Gasteiger partial charge is 0.316 e. The van der Waals surface area contributed by atoms with Crippen molar-refractivity contribution in [1.82, 2.24) is 9.55 Å². The van der Waals surface area contributed by atoms with E-state index >= 15 is 0 Å². The highest BCUT2D eigenvalue weighted by Crippen LogP contribution is 2.28. The first-order chi connectivity index (χ1) is 11.4. The van der Waals surface area contributed by atoms with Crippen molar-refractivity contribution in [2.45, 2.75) is 26.8 Å². The standard InChI is InChI=1S/C19H18BrClN2O/c1-12(2)8-16(24)11-23-18-7-6-14(20)10-17(18)22-19(23)13-4-3-5-15(21)9-13/h3-7,9-10,12H,8,11H2,1-2H3. The summed E-state index contributed by atoms with van der Waals surface area (Å²) in [6, 6.07) is 13.5. The molecule has 0 fully saturated rings. The number of nitrogens with zero attached hydrogens (tertiary/aromatic N) is 2. The number of Topliss-reactive ketones (excluding diaryl/α,β-unsaturated/α-hetero) is 1. The Labute approximate surface area is 154 Å². The normalized spacial score (nSPS) is 11.4. The van der Waals surface area contributed by atoms with Crippen molar-refractivity contribution in [1.29, 1.82) is 0 Å². The Hall–Kier alpha value is -1.65. The molecule has 0 aliphatic heterocycles. The molecule has 0 atom stereocenters. The molecule has 0 N–H and O–H groups in total. The van der Waals surface area contributed by atoms with Crippen LogP contribution in [0.3, 0.4) is 0 Å². The van der Waals surface area contributed by atoms with E-state index in [0.29, 0.717) is 23.9 Å². The van der Waals surface area contributed by atoms with Crippen LogP contribution in [0.2, 0.25) is 5.02 Å². The highest BCUT2D eigenvalue weighted by Gasteiger charge is 2.16. The third-order valence-corrected chi connectivity index (χ3v) is 4.49. The van der Waals surface area contributed by atoms with Gasteiger partial charge in [-0.1, -0.05) is 53.5 Å². The van der Waals surface area contributed by atoms with Gasteiger partial charge >= 0.3 is 0 Å². The molecule has 3 nitrogen and oxygen atoms in total. The third kappa shape index (κ3) is 3.70. The van der Waals surface area contributed by atoms with Crippen molar-refractivity contribution in [2.24, 2.45) is 5.92 Å². The second kappa shape index (κ2) is 7.08. The molecule has 2 aromatic carbocycles.